The van der Waals surface area contributed by atoms with Crippen molar-refractivity contribution in [3.63, 3.8) is 0 Å². The maximum atomic E-state index is 15.4. The van der Waals surface area contributed by atoms with Gasteiger partial charge in [-0.2, -0.15) is 0 Å². The molecule has 3 aromatic carbocycles. The van der Waals surface area contributed by atoms with Crippen molar-refractivity contribution in [3.05, 3.63) is 89.0 Å². The van der Waals surface area contributed by atoms with Crippen LogP contribution in [0.4, 0.5) is 13.6 Å². The third-order valence-electron chi connectivity index (χ3n) is 7.15. The highest BCUT2D eigenvalue weighted by Gasteiger charge is 2.33. The molecule has 0 saturated heterocycles. The maximum Gasteiger partial charge on any atom is 0.323 e. The lowest BCUT2D eigenvalue weighted by Gasteiger charge is -2.24. The number of nitrogens with zero attached hydrogens (tertiary/aromatic N) is 1. The molecule has 230 valence electrons. The summed E-state index contributed by atoms with van der Waals surface area (Å²) in [6.45, 7) is 10.7. The van der Waals surface area contributed by atoms with E-state index in [4.69, 9.17) is 10.1 Å². The molecule has 0 heterocycles. The number of carboxylic acid groups (broad SMARTS) is 1. The van der Waals surface area contributed by atoms with Crippen LogP contribution in [0.25, 0.3) is 11.1 Å². The molecular formula is C34H41F2N3O4. The fourth-order valence-corrected chi connectivity index (χ4v) is 4.69. The van der Waals surface area contributed by atoms with E-state index in [-0.39, 0.29) is 42.7 Å². The third kappa shape index (κ3) is 9.11. The monoisotopic (exact) mass is 593 g/mol. The summed E-state index contributed by atoms with van der Waals surface area (Å²) < 4.78 is 36.3. The van der Waals surface area contributed by atoms with Crippen molar-refractivity contribution in [3.8, 4) is 16.9 Å². The van der Waals surface area contributed by atoms with Gasteiger partial charge in [0.25, 0.3) is 5.92 Å². The van der Waals surface area contributed by atoms with Crippen LogP contribution in [-0.4, -0.2) is 41.0 Å². The number of urea groups is 1. The second-order valence-corrected chi connectivity index (χ2v) is 11.4. The normalized spacial score (nSPS) is 11.6. The van der Waals surface area contributed by atoms with Crippen LogP contribution >= 0.6 is 0 Å². The van der Waals surface area contributed by atoms with Gasteiger partial charge in [-0.15, -0.1) is 0 Å². The van der Waals surface area contributed by atoms with Gasteiger partial charge in [-0.1, -0.05) is 69.3 Å². The number of rotatable bonds is 12. The first kappa shape index (κ1) is 33.2. The standard InChI is InChI=1S/C34H41F2N3O4/c1-6-39(32(42)38-22-23-11-14-27(15-12-23)33(3,4)5)30(37)17-18-34(35,36)28-10-8-9-24(20-28)25-13-16-29(43-7-2)26(19-25)21-31(40)41/h8-16,19-20,37H,6-7,17-18,21-22H2,1-5H3,(H,38,42)(H,40,41). The summed E-state index contributed by atoms with van der Waals surface area (Å²) in [6.07, 6.45) is -1.21. The lowest BCUT2D eigenvalue weighted by atomic mass is 9.87. The SMILES string of the molecule is CCOc1ccc(-c2cccc(C(F)(F)CCC(=N)N(CC)C(=O)NCc3ccc(C(C)(C)C)cc3)c2)cc1CC(=O)O. The van der Waals surface area contributed by atoms with E-state index in [2.05, 4.69) is 26.1 Å². The molecule has 0 bridgehead atoms. The van der Waals surface area contributed by atoms with E-state index in [1.165, 1.54) is 28.7 Å². The molecule has 9 heteroatoms. The number of amides is 2. The number of nitrogens with one attached hydrogen (secondary N) is 2. The van der Waals surface area contributed by atoms with Gasteiger partial charge in [-0.25, -0.2) is 13.6 Å². The Morgan fingerprint density at radius 3 is 2.23 bits per heavy atom. The lowest BCUT2D eigenvalue weighted by molar-refractivity contribution is -0.136. The summed E-state index contributed by atoms with van der Waals surface area (Å²) in [5, 5.41) is 20.4. The number of amidine groups is 1. The van der Waals surface area contributed by atoms with Crippen LogP contribution < -0.4 is 10.1 Å². The average Bonchev–Trinajstić information content (AvgIpc) is 2.96. The second kappa shape index (κ2) is 14.3. The zero-order chi connectivity index (χ0) is 31.8. The zero-order valence-electron chi connectivity index (χ0n) is 25.5. The molecule has 7 nitrogen and oxygen atoms in total. The minimum absolute atomic E-state index is 0.0139. The van der Waals surface area contributed by atoms with Crippen molar-refractivity contribution in [1.82, 2.24) is 10.2 Å². The van der Waals surface area contributed by atoms with Gasteiger partial charge < -0.3 is 15.2 Å². The molecule has 3 N–H and O–H groups in total. The Morgan fingerprint density at radius 2 is 1.63 bits per heavy atom. The number of aliphatic carboxylic acids is 1. The summed E-state index contributed by atoms with van der Waals surface area (Å²) in [5.41, 5.74) is 3.42. The van der Waals surface area contributed by atoms with Gasteiger partial charge in [0.05, 0.1) is 13.0 Å². The number of alkyl halides is 2. The average molecular weight is 594 g/mol. The molecule has 0 unspecified atom stereocenters. The summed E-state index contributed by atoms with van der Waals surface area (Å²) in [4.78, 5) is 25.3. The number of hydrogen-bond donors (Lipinski definition) is 3. The van der Waals surface area contributed by atoms with E-state index < -0.39 is 24.3 Å². The van der Waals surface area contributed by atoms with Crippen LogP contribution in [0.2, 0.25) is 0 Å². The minimum atomic E-state index is -3.26. The molecular weight excluding hydrogens is 552 g/mol. The Kier molecular flexibility index (Phi) is 11.0. The van der Waals surface area contributed by atoms with Crippen LogP contribution in [0.15, 0.2) is 66.7 Å². The molecule has 0 atom stereocenters. The molecule has 0 saturated carbocycles. The molecule has 0 aliphatic heterocycles. The largest absolute Gasteiger partial charge is 0.494 e. The first-order valence-corrected chi connectivity index (χ1v) is 14.4. The zero-order valence-corrected chi connectivity index (χ0v) is 25.5. The van der Waals surface area contributed by atoms with Gasteiger partial charge in [0, 0.05) is 37.1 Å². The molecule has 0 radical (unpaired) electrons. The first-order valence-electron chi connectivity index (χ1n) is 14.4. The molecule has 0 fully saturated rings. The van der Waals surface area contributed by atoms with Crippen LogP contribution in [0.5, 0.6) is 5.75 Å². The summed E-state index contributed by atoms with van der Waals surface area (Å²) in [5.74, 6) is -4.03. The van der Waals surface area contributed by atoms with E-state index in [0.717, 1.165) is 5.56 Å². The molecule has 43 heavy (non-hydrogen) atoms. The Hall–Kier alpha value is -4.27. The topological polar surface area (TPSA) is 103 Å². The van der Waals surface area contributed by atoms with E-state index in [1.54, 1.807) is 38.1 Å². The van der Waals surface area contributed by atoms with Gasteiger partial charge in [0.2, 0.25) is 0 Å². The van der Waals surface area contributed by atoms with E-state index in [0.29, 0.717) is 29.0 Å². The van der Waals surface area contributed by atoms with Crippen LogP contribution in [0, 0.1) is 5.41 Å². The predicted molar refractivity (Wildman–Crippen MR) is 165 cm³/mol. The number of carbonyl (C=O) groups is 2. The first-order chi connectivity index (χ1) is 20.2. The second-order valence-electron chi connectivity index (χ2n) is 11.4. The number of ether oxygens (including phenoxy) is 1. The Balaban J connectivity index is 1.66. The van der Waals surface area contributed by atoms with Crippen molar-refractivity contribution in [2.24, 2.45) is 0 Å². The molecule has 0 aliphatic carbocycles. The number of carboxylic acids is 1. The summed E-state index contributed by atoms with van der Waals surface area (Å²) in [7, 11) is 0. The van der Waals surface area contributed by atoms with E-state index >= 15 is 8.78 Å². The molecule has 3 aromatic rings. The quantitative estimate of drug-likeness (QED) is 0.148. The van der Waals surface area contributed by atoms with Gasteiger partial charge in [0.1, 0.15) is 11.6 Å². The highest BCUT2D eigenvalue weighted by Crippen LogP contribution is 2.36. The maximum absolute atomic E-state index is 15.4. The van der Waals surface area contributed by atoms with Crippen LogP contribution in [0.3, 0.4) is 0 Å². The Labute approximate surface area is 252 Å². The minimum Gasteiger partial charge on any atom is -0.494 e. The Bertz CT molecular complexity index is 1430. The van der Waals surface area contributed by atoms with Crippen molar-refractivity contribution >= 4 is 17.8 Å². The number of benzene rings is 3. The van der Waals surface area contributed by atoms with Crippen LogP contribution in [-0.2, 0) is 29.1 Å². The van der Waals surface area contributed by atoms with Crippen molar-refractivity contribution < 1.29 is 28.2 Å². The highest BCUT2D eigenvalue weighted by molar-refractivity contribution is 5.95. The van der Waals surface area contributed by atoms with Gasteiger partial charge in [0.15, 0.2) is 0 Å². The smallest absolute Gasteiger partial charge is 0.323 e. The third-order valence-corrected chi connectivity index (χ3v) is 7.15. The van der Waals surface area contributed by atoms with Crippen molar-refractivity contribution in [2.45, 2.75) is 71.8 Å². The van der Waals surface area contributed by atoms with Crippen molar-refractivity contribution in [1.29, 1.82) is 5.41 Å². The summed E-state index contributed by atoms with van der Waals surface area (Å²) >= 11 is 0. The number of carbonyl (C=O) groups excluding carboxylic acids is 1. The van der Waals surface area contributed by atoms with Gasteiger partial charge in [-0.3, -0.25) is 15.1 Å². The molecule has 2 amide bonds. The molecule has 0 aliphatic rings. The van der Waals surface area contributed by atoms with Gasteiger partial charge in [-0.05, 0) is 59.7 Å². The summed E-state index contributed by atoms with van der Waals surface area (Å²) in [6, 6.07) is 18.3. The molecule has 0 aromatic heterocycles. The van der Waals surface area contributed by atoms with Gasteiger partial charge >= 0.3 is 12.0 Å². The molecule has 0 spiro atoms. The predicted octanol–water partition coefficient (Wildman–Crippen LogP) is 7.76. The Morgan fingerprint density at radius 1 is 0.953 bits per heavy atom. The van der Waals surface area contributed by atoms with Crippen LogP contribution in [0.1, 0.15) is 69.7 Å². The highest BCUT2D eigenvalue weighted by atomic mass is 19.3. The fraction of sp³-hybridized carbons (Fsp3) is 0.382. The molecule has 3 rings (SSSR count). The fourth-order valence-electron chi connectivity index (χ4n) is 4.69. The lowest BCUT2D eigenvalue weighted by Crippen LogP contribution is -2.43. The number of halogens is 2. The van der Waals surface area contributed by atoms with Crippen molar-refractivity contribution in [2.75, 3.05) is 13.2 Å². The van der Waals surface area contributed by atoms with E-state index in [1.807, 2.05) is 24.3 Å². The van der Waals surface area contributed by atoms with E-state index in [9.17, 15) is 14.7 Å². The number of hydrogen-bond acceptors (Lipinski definition) is 4.